The van der Waals surface area contributed by atoms with Crippen LogP contribution < -0.4 is 4.72 Å². The molecule has 1 amide bonds. The van der Waals surface area contributed by atoms with Crippen molar-refractivity contribution in [3.63, 3.8) is 0 Å². The molecule has 1 aliphatic rings. The Hall–Kier alpha value is -2.80. The number of benzene rings is 2. The van der Waals surface area contributed by atoms with Gasteiger partial charge in [0.05, 0.1) is 4.90 Å². The normalized spacial score (nSPS) is 14.3. The minimum Gasteiger partial charge on any atom is -0.274 e. The maximum Gasteiger partial charge on any atom is 0.264 e. The molecule has 0 radical (unpaired) electrons. The Morgan fingerprint density at radius 2 is 1.73 bits per heavy atom. The summed E-state index contributed by atoms with van der Waals surface area (Å²) in [4.78, 5) is 16.1. The monoisotopic (exact) mass is 370 g/mol. The van der Waals surface area contributed by atoms with Crippen molar-refractivity contribution in [1.82, 2.24) is 4.72 Å². The molecule has 7 heteroatoms. The molecule has 26 heavy (non-hydrogen) atoms. The predicted octanol–water partition coefficient (Wildman–Crippen LogP) is 1.79. The van der Waals surface area contributed by atoms with Crippen LogP contribution in [0.5, 0.6) is 0 Å². The van der Waals surface area contributed by atoms with Gasteiger partial charge in [-0.15, -0.1) is 0 Å². The summed E-state index contributed by atoms with van der Waals surface area (Å²) in [5, 5.41) is 0. The number of sulfonamides is 1. The lowest BCUT2D eigenvalue weighted by Gasteiger charge is -2.07. The van der Waals surface area contributed by atoms with Crippen molar-refractivity contribution in [2.75, 3.05) is 13.7 Å². The molecule has 0 aromatic heterocycles. The van der Waals surface area contributed by atoms with E-state index in [0.29, 0.717) is 6.67 Å². The van der Waals surface area contributed by atoms with Gasteiger partial charge in [0.15, 0.2) is 0 Å². The Balaban J connectivity index is 1.92. The highest BCUT2D eigenvalue weighted by atomic mass is 32.2. The smallest absolute Gasteiger partial charge is 0.264 e. The summed E-state index contributed by atoms with van der Waals surface area (Å²) in [7, 11) is -1.90. The minimum absolute atomic E-state index is 0.0579. The second-order valence-electron chi connectivity index (χ2n) is 5.97. The molecule has 0 fully saturated rings. The molecule has 2 aromatic rings. The molecular weight excluding hydrogens is 350 g/mol. The number of nitrogens with zero attached hydrogens (tertiary/aromatic N) is 2. The number of rotatable bonds is 5. The highest BCUT2D eigenvalue weighted by Gasteiger charge is 2.28. The minimum atomic E-state index is -3.84. The fraction of sp³-hybridized carbons (Fsp3) is 0.211. The van der Waals surface area contributed by atoms with E-state index in [1.807, 2.05) is 46.7 Å². The number of carbonyl (C=O) groups excluding carboxylic acids is 1. The Morgan fingerprint density at radius 3 is 2.35 bits per heavy atom. The zero-order chi connectivity index (χ0) is 18.7. The average Bonchev–Trinajstić information content (AvgIpc) is 3.03. The summed E-state index contributed by atoms with van der Waals surface area (Å²) in [5.41, 5.74) is 3.70. The molecule has 0 bridgehead atoms. The van der Waals surface area contributed by atoms with E-state index in [-0.39, 0.29) is 11.3 Å². The van der Waals surface area contributed by atoms with Crippen molar-refractivity contribution in [1.29, 1.82) is 0 Å². The van der Waals surface area contributed by atoms with Crippen LogP contribution in [0.1, 0.15) is 24.5 Å². The van der Waals surface area contributed by atoms with Crippen LogP contribution in [0, 0.1) is 0 Å². The maximum atomic E-state index is 12.2. The lowest BCUT2D eigenvalue weighted by molar-refractivity contribution is -0.489. The number of amides is 1. The van der Waals surface area contributed by atoms with Crippen LogP contribution >= 0.6 is 0 Å². The van der Waals surface area contributed by atoms with E-state index in [2.05, 4.69) is 4.99 Å². The number of nitrogens with one attached hydrogen (secondary N) is 1. The quantitative estimate of drug-likeness (QED) is 0.815. The molecule has 134 valence electrons. The van der Waals surface area contributed by atoms with Gasteiger partial charge in [0, 0.05) is 17.5 Å². The van der Waals surface area contributed by atoms with E-state index < -0.39 is 15.9 Å². The van der Waals surface area contributed by atoms with Crippen LogP contribution in [-0.2, 0) is 14.8 Å². The molecule has 0 saturated heterocycles. The van der Waals surface area contributed by atoms with Gasteiger partial charge in [0.25, 0.3) is 10.0 Å². The van der Waals surface area contributed by atoms with Crippen LogP contribution in [0.15, 0.2) is 64.5 Å². The lowest BCUT2D eigenvalue weighted by Crippen LogP contribution is -2.29. The SMILES string of the molecule is CCC(=O)NS(=O)(=O)c1ccc(C2=[N+](C)CN=C2c2ccccc2)cc1. The first-order chi connectivity index (χ1) is 12.4. The number of hydrogen-bond acceptors (Lipinski definition) is 4. The fourth-order valence-electron chi connectivity index (χ4n) is 2.76. The van der Waals surface area contributed by atoms with Crippen molar-refractivity contribution in [3.8, 4) is 0 Å². The van der Waals surface area contributed by atoms with Gasteiger partial charge in [-0.05, 0) is 24.3 Å². The summed E-state index contributed by atoms with van der Waals surface area (Å²) in [6, 6.07) is 16.3. The molecule has 0 atom stereocenters. The number of carbonyl (C=O) groups is 1. The Morgan fingerprint density at radius 1 is 1.08 bits per heavy atom. The van der Waals surface area contributed by atoms with E-state index in [4.69, 9.17) is 0 Å². The zero-order valence-corrected chi connectivity index (χ0v) is 15.5. The zero-order valence-electron chi connectivity index (χ0n) is 14.6. The number of aliphatic imine (C=N–C) groups is 1. The van der Waals surface area contributed by atoms with E-state index in [1.165, 1.54) is 12.1 Å². The van der Waals surface area contributed by atoms with Gasteiger partial charge in [-0.25, -0.2) is 22.7 Å². The van der Waals surface area contributed by atoms with E-state index in [9.17, 15) is 13.2 Å². The molecule has 0 spiro atoms. The van der Waals surface area contributed by atoms with Crippen LogP contribution in [0.25, 0.3) is 0 Å². The maximum absolute atomic E-state index is 12.2. The average molecular weight is 370 g/mol. The predicted molar refractivity (Wildman–Crippen MR) is 100 cm³/mol. The van der Waals surface area contributed by atoms with Crippen molar-refractivity contribution >= 4 is 27.4 Å². The molecule has 0 aliphatic carbocycles. The highest BCUT2D eigenvalue weighted by molar-refractivity contribution is 7.90. The van der Waals surface area contributed by atoms with Crippen molar-refractivity contribution in [2.45, 2.75) is 18.2 Å². The summed E-state index contributed by atoms with van der Waals surface area (Å²) >= 11 is 0. The van der Waals surface area contributed by atoms with Crippen LogP contribution in [0.3, 0.4) is 0 Å². The summed E-state index contributed by atoms with van der Waals surface area (Å²) in [5.74, 6) is -0.530. The second kappa shape index (κ2) is 7.21. The van der Waals surface area contributed by atoms with Crippen molar-refractivity contribution < 1.29 is 17.8 Å². The molecular formula is C19H20N3O3S+. The molecule has 0 unspecified atom stereocenters. The van der Waals surface area contributed by atoms with Gasteiger partial charge in [-0.2, -0.15) is 0 Å². The number of hydrogen-bond donors (Lipinski definition) is 1. The van der Waals surface area contributed by atoms with E-state index >= 15 is 0 Å². The molecule has 6 nitrogen and oxygen atoms in total. The molecule has 3 rings (SSSR count). The Labute approximate surface area is 153 Å². The largest absolute Gasteiger partial charge is 0.274 e. The Bertz CT molecular complexity index is 992. The third kappa shape index (κ3) is 3.57. The molecule has 1 heterocycles. The van der Waals surface area contributed by atoms with Crippen LogP contribution in [0.4, 0.5) is 0 Å². The van der Waals surface area contributed by atoms with Crippen LogP contribution in [0.2, 0.25) is 0 Å². The first kappa shape index (κ1) is 18.0. The molecule has 0 saturated carbocycles. The van der Waals surface area contributed by atoms with E-state index in [1.54, 1.807) is 19.1 Å². The first-order valence-electron chi connectivity index (χ1n) is 8.27. The van der Waals surface area contributed by atoms with Crippen molar-refractivity contribution in [3.05, 3.63) is 65.7 Å². The highest BCUT2D eigenvalue weighted by Crippen LogP contribution is 2.16. The summed E-state index contributed by atoms with van der Waals surface area (Å²) < 4.78 is 28.5. The molecule has 1 aliphatic heterocycles. The summed E-state index contributed by atoms with van der Waals surface area (Å²) in [6.45, 7) is 2.15. The summed E-state index contributed by atoms with van der Waals surface area (Å²) in [6.07, 6.45) is 0.108. The van der Waals surface area contributed by atoms with Gasteiger partial charge < -0.3 is 0 Å². The second-order valence-corrected chi connectivity index (χ2v) is 7.65. The third-order valence-corrected chi connectivity index (χ3v) is 5.49. The van der Waals surface area contributed by atoms with Crippen molar-refractivity contribution in [2.24, 2.45) is 4.99 Å². The van der Waals surface area contributed by atoms with Gasteiger partial charge in [-0.1, -0.05) is 37.3 Å². The third-order valence-electron chi connectivity index (χ3n) is 4.10. The fourth-order valence-corrected chi connectivity index (χ4v) is 3.81. The first-order valence-corrected chi connectivity index (χ1v) is 9.75. The topological polar surface area (TPSA) is 78.6 Å². The van der Waals surface area contributed by atoms with Gasteiger partial charge in [-0.3, -0.25) is 4.79 Å². The molecule has 2 aromatic carbocycles. The van der Waals surface area contributed by atoms with Crippen LogP contribution in [-0.4, -0.2) is 44.0 Å². The molecule has 1 N–H and O–H groups in total. The van der Waals surface area contributed by atoms with E-state index in [0.717, 1.165) is 22.6 Å². The lowest BCUT2D eigenvalue weighted by atomic mass is 10.00. The van der Waals surface area contributed by atoms with Gasteiger partial charge in [0.1, 0.15) is 12.8 Å². The van der Waals surface area contributed by atoms with Gasteiger partial charge in [0.2, 0.25) is 18.3 Å². The van der Waals surface area contributed by atoms with Gasteiger partial charge >= 0.3 is 0 Å². The standard InChI is InChI=1S/C19H19N3O3S/c1-3-17(23)21-26(24,25)16-11-9-15(10-12-16)19-18(20-13-22(19)2)14-7-5-4-6-8-14/h4-12H,3,13H2,1-2H3/p+1. The Kier molecular flexibility index (Phi) is 4.99.